The van der Waals surface area contributed by atoms with Crippen molar-refractivity contribution in [1.82, 2.24) is 4.98 Å². The summed E-state index contributed by atoms with van der Waals surface area (Å²) in [5, 5.41) is 8.63. The number of hydrogen-bond donors (Lipinski definition) is 0. The van der Waals surface area contributed by atoms with Crippen molar-refractivity contribution in [1.29, 1.82) is 0 Å². The average Bonchev–Trinajstić information content (AvgIpc) is 3.85. The lowest BCUT2D eigenvalue weighted by Gasteiger charge is -2.30. The van der Waals surface area contributed by atoms with E-state index in [-0.39, 0.29) is 5.41 Å². The second kappa shape index (κ2) is 13.8. The molecule has 2 aliphatic carbocycles. The zero-order valence-corrected chi connectivity index (χ0v) is 35.5. The standard InChI is InChI=1S/C64H39N/c1-2-13-49-41(12-1)28-32-46-38-48(34-35-50(46)49)62-39-56(54-16-6-10-23-61(54)65-62)42-26-24-40(25-27-42)43-29-30-45-37-47(33-31-44(45)36-43)51-18-11-22-60-63(51)55-17-5-9-21-59(55)64(60)57-19-7-3-14-52(57)53-15-4-8-20-58(53)64/h1-39H. The molecule has 300 valence electrons. The lowest BCUT2D eigenvalue weighted by atomic mass is 9.70. The quantitative estimate of drug-likeness (QED) is 0.161. The molecule has 1 heteroatoms. The number of pyridine rings is 1. The molecule has 1 aromatic heterocycles. The molecule has 14 rings (SSSR count). The third kappa shape index (κ3) is 5.24. The van der Waals surface area contributed by atoms with Gasteiger partial charge in [-0.05, 0) is 141 Å². The fraction of sp³-hybridized carbons (Fsp3) is 0.0156. The van der Waals surface area contributed by atoms with Gasteiger partial charge in [0.1, 0.15) is 0 Å². The maximum Gasteiger partial charge on any atom is 0.0725 e. The first-order chi connectivity index (χ1) is 32.2. The number of para-hydroxylation sites is 1. The molecule has 65 heavy (non-hydrogen) atoms. The van der Waals surface area contributed by atoms with E-state index in [0.29, 0.717) is 0 Å². The van der Waals surface area contributed by atoms with Crippen molar-refractivity contribution < 1.29 is 0 Å². The van der Waals surface area contributed by atoms with E-state index in [9.17, 15) is 0 Å². The largest absolute Gasteiger partial charge is 0.248 e. The van der Waals surface area contributed by atoms with E-state index in [1.54, 1.807) is 0 Å². The molecule has 0 aliphatic heterocycles. The van der Waals surface area contributed by atoms with Crippen molar-refractivity contribution in [3.05, 3.63) is 259 Å². The molecule has 1 nitrogen and oxygen atoms in total. The molecule has 11 aromatic carbocycles. The van der Waals surface area contributed by atoms with Gasteiger partial charge in [0.05, 0.1) is 16.6 Å². The van der Waals surface area contributed by atoms with E-state index in [1.165, 1.54) is 110 Å². The van der Waals surface area contributed by atoms with Crippen molar-refractivity contribution in [2.45, 2.75) is 5.41 Å². The summed E-state index contributed by atoms with van der Waals surface area (Å²) in [5.74, 6) is 0. The number of nitrogens with zero attached hydrogens (tertiary/aromatic N) is 1. The number of aromatic nitrogens is 1. The van der Waals surface area contributed by atoms with Crippen LogP contribution >= 0.6 is 0 Å². The highest BCUT2D eigenvalue weighted by molar-refractivity contribution is 6.09. The summed E-state index contributed by atoms with van der Waals surface area (Å²) in [6.45, 7) is 0. The monoisotopic (exact) mass is 821 g/mol. The minimum Gasteiger partial charge on any atom is -0.248 e. The predicted octanol–water partition coefficient (Wildman–Crippen LogP) is 16.7. The summed E-state index contributed by atoms with van der Waals surface area (Å²) in [7, 11) is 0. The normalized spacial score (nSPS) is 13.0. The highest BCUT2D eigenvalue weighted by Gasteiger charge is 2.51. The Morgan fingerprint density at radius 2 is 0.769 bits per heavy atom. The summed E-state index contributed by atoms with van der Waals surface area (Å²) in [6, 6.07) is 87.6. The highest BCUT2D eigenvalue weighted by atomic mass is 14.7. The Bertz CT molecular complexity index is 3900. The van der Waals surface area contributed by atoms with Crippen molar-refractivity contribution in [2.75, 3.05) is 0 Å². The van der Waals surface area contributed by atoms with Crippen molar-refractivity contribution in [3.63, 3.8) is 0 Å². The Balaban J connectivity index is 0.820. The van der Waals surface area contributed by atoms with Crippen LogP contribution < -0.4 is 0 Å². The molecular formula is C64H39N. The number of benzene rings is 11. The molecule has 0 N–H and O–H groups in total. The van der Waals surface area contributed by atoms with Gasteiger partial charge in [0.15, 0.2) is 0 Å². The first-order valence-corrected chi connectivity index (χ1v) is 22.6. The summed E-state index contributed by atoms with van der Waals surface area (Å²) in [5.41, 5.74) is 20.8. The Morgan fingerprint density at radius 1 is 0.262 bits per heavy atom. The third-order valence-electron chi connectivity index (χ3n) is 14.5. The number of fused-ring (bicyclic) bond motifs is 15. The molecular weight excluding hydrogens is 783 g/mol. The highest BCUT2D eigenvalue weighted by Crippen LogP contribution is 2.64. The van der Waals surface area contributed by atoms with Crippen LogP contribution in [-0.2, 0) is 5.41 Å². The van der Waals surface area contributed by atoms with Gasteiger partial charge in [-0.3, -0.25) is 0 Å². The van der Waals surface area contributed by atoms with Crippen LogP contribution in [0.25, 0.3) is 110 Å². The number of hydrogen-bond acceptors (Lipinski definition) is 1. The molecule has 0 amide bonds. The van der Waals surface area contributed by atoms with Gasteiger partial charge in [-0.1, -0.05) is 206 Å². The molecule has 1 heterocycles. The molecule has 0 atom stereocenters. The zero-order valence-electron chi connectivity index (χ0n) is 35.5. The molecule has 2 aliphatic rings. The Labute approximate surface area is 377 Å². The zero-order chi connectivity index (χ0) is 42.6. The van der Waals surface area contributed by atoms with Crippen molar-refractivity contribution in [2.24, 2.45) is 0 Å². The maximum absolute atomic E-state index is 5.18. The Hall–Kier alpha value is -8.39. The van der Waals surface area contributed by atoms with E-state index in [0.717, 1.165) is 22.2 Å². The minimum absolute atomic E-state index is 0.351. The first-order valence-electron chi connectivity index (χ1n) is 22.6. The van der Waals surface area contributed by atoms with Gasteiger partial charge in [-0.2, -0.15) is 0 Å². The van der Waals surface area contributed by atoms with E-state index in [1.807, 2.05) is 0 Å². The van der Waals surface area contributed by atoms with Gasteiger partial charge in [-0.15, -0.1) is 0 Å². The second-order valence-electron chi connectivity index (χ2n) is 17.8. The molecule has 0 fully saturated rings. The van der Waals surface area contributed by atoms with Crippen LogP contribution in [0.1, 0.15) is 22.3 Å². The minimum atomic E-state index is -0.351. The van der Waals surface area contributed by atoms with Crippen LogP contribution in [0.5, 0.6) is 0 Å². The van der Waals surface area contributed by atoms with E-state index < -0.39 is 0 Å². The average molecular weight is 822 g/mol. The maximum atomic E-state index is 5.18. The topological polar surface area (TPSA) is 12.9 Å². The van der Waals surface area contributed by atoms with Gasteiger partial charge in [-0.25, -0.2) is 4.98 Å². The van der Waals surface area contributed by atoms with E-state index in [2.05, 4.69) is 237 Å². The van der Waals surface area contributed by atoms with Crippen LogP contribution in [0.2, 0.25) is 0 Å². The fourth-order valence-corrected chi connectivity index (χ4v) is 11.6. The molecule has 1 spiro atoms. The van der Waals surface area contributed by atoms with Crippen LogP contribution in [0.4, 0.5) is 0 Å². The van der Waals surface area contributed by atoms with Gasteiger partial charge < -0.3 is 0 Å². The van der Waals surface area contributed by atoms with Gasteiger partial charge in [0.25, 0.3) is 0 Å². The van der Waals surface area contributed by atoms with Crippen LogP contribution in [0, 0.1) is 0 Å². The SMILES string of the molecule is c1ccc2c(c1)-c1ccccc1C21c2ccccc2-c2c(-c3ccc4cc(-c5ccc(-c6cc(-c7ccc8c(ccc9ccccc98)c7)nc7ccccc67)cc5)ccc4c3)cccc21. The summed E-state index contributed by atoms with van der Waals surface area (Å²) in [4.78, 5) is 5.18. The second-order valence-corrected chi connectivity index (χ2v) is 17.8. The predicted molar refractivity (Wildman–Crippen MR) is 272 cm³/mol. The third-order valence-corrected chi connectivity index (χ3v) is 14.5. The summed E-state index contributed by atoms with van der Waals surface area (Å²) >= 11 is 0. The van der Waals surface area contributed by atoms with Gasteiger partial charge in [0, 0.05) is 10.9 Å². The molecule has 0 radical (unpaired) electrons. The van der Waals surface area contributed by atoms with E-state index in [4.69, 9.17) is 4.98 Å². The smallest absolute Gasteiger partial charge is 0.0725 e. The molecule has 0 saturated heterocycles. The summed E-state index contributed by atoms with van der Waals surface area (Å²) < 4.78 is 0. The van der Waals surface area contributed by atoms with Gasteiger partial charge >= 0.3 is 0 Å². The van der Waals surface area contributed by atoms with Crippen LogP contribution in [0.3, 0.4) is 0 Å². The number of rotatable bonds is 4. The van der Waals surface area contributed by atoms with Crippen LogP contribution in [0.15, 0.2) is 237 Å². The lowest BCUT2D eigenvalue weighted by molar-refractivity contribution is 0.794. The molecule has 0 unspecified atom stereocenters. The Morgan fingerprint density at radius 3 is 1.55 bits per heavy atom. The molecule has 12 aromatic rings. The summed E-state index contributed by atoms with van der Waals surface area (Å²) in [6.07, 6.45) is 0. The van der Waals surface area contributed by atoms with Crippen molar-refractivity contribution in [3.8, 4) is 66.9 Å². The van der Waals surface area contributed by atoms with E-state index >= 15 is 0 Å². The molecule has 0 bridgehead atoms. The first kappa shape index (κ1) is 36.1. The van der Waals surface area contributed by atoms with Gasteiger partial charge in [0.2, 0.25) is 0 Å². The lowest BCUT2D eigenvalue weighted by Crippen LogP contribution is -2.25. The fourth-order valence-electron chi connectivity index (χ4n) is 11.6. The Kier molecular flexibility index (Phi) is 7.67. The van der Waals surface area contributed by atoms with Crippen molar-refractivity contribution >= 4 is 43.2 Å². The van der Waals surface area contributed by atoms with Crippen LogP contribution in [-0.4, -0.2) is 4.98 Å². The molecule has 0 saturated carbocycles.